The zero-order valence-corrected chi connectivity index (χ0v) is 12.3. The molecule has 1 unspecified atom stereocenters. The molecule has 0 aromatic rings. The molecule has 0 aliphatic carbocycles. The van der Waals surface area contributed by atoms with E-state index in [2.05, 4.69) is 20.7 Å². The summed E-state index contributed by atoms with van der Waals surface area (Å²) in [7, 11) is 1.19. The van der Waals surface area contributed by atoms with Crippen LogP contribution in [0.4, 0.5) is 4.79 Å². The zero-order valence-electron chi connectivity index (χ0n) is 12.3. The minimum atomic E-state index is -1.28. The molecule has 0 spiro atoms. The number of ether oxygens (including phenoxy) is 1. The maximum atomic E-state index is 11.6. The number of carbonyl (C=O) groups excluding carboxylic acids is 3. The Morgan fingerprint density at radius 1 is 1.19 bits per heavy atom. The maximum Gasteiger partial charge on any atom is 0.326 e. The van der Waals surface area contributed by atoms with Gasteiger partial charge in [0.2, 0.25) is 5.91 Å². The van der Waals surface area contributed by atoms with E-state index in [4.69, 9.17) is 5.11 Å². The number of rotatable bonds is 8. The van der Waals surface area contributed by atoms with Gasteiger partial charge in [-0.05, 0) is 20.3 Å². The van der Waals surface area contributed by atoms with Crippen LogP contribution in [0.25, 0.3) is 0 Å². The smallest absolute Gasteiger partial charge is 0.326 e. The van der Waals surface area contributed by atoms with Crippen LogP contribution in [-0.4, -0.2) is 54.7 Å². The van der Waals surface area contributed by atoms with E-state index >= 15 is 0 Å². The predicted octanol–water partition coefficient (Wildman–Crippen LogP) is -0.783. The van der Waals surface area contributed by atoms with Gasteiger partial charge in [0, 0.05) is 13.0 Å². The van der Waals surface area contributed by atoms with Crippen LogP contribution in [0.3, 0.4) is 0 Å². The standard InChI is InChI=1S/C12H21N3O6/c1-4-13-10(17)7(2)14-12(20)15-8(11(18)19)5-6-9(16)21-3/h7-8H,4-6H2,1-3H3,(H,13,17)(H,18,19)(H2,14,15,20)/t7?,8-/m1/s1. The molecule has 4 N–H and O–H groups in total. The van der Waals surface area contributed by atoms with Crippen molar-refractivity contribution in [2.45, 2.75) is 38.8 Å². The van der Waals surface area contributed by atoms with Gasteiger partial charge in [-0.3, -0.25) is 9.59 Å². The van der Waals surface area contributed by atoms with Crippen molar-refractivity contribution in [2.75, 3.05) is 13.7 Å². The van der Waals surface area contributed by atoms with Gasteiger partial charge in [-0.15, -0.1) is 0 Å². The number of likely N-dealkylation sites (N-methyl/N-ethyl adjacent to an activating group) is 1. The molecule has 9 nitrogen and oxygen atoms in total. The molecular weight excluding hydrogens is 282 g/mol. The van der Waals surface area contributed by atoms with Gasteiger partial charge in [0.25, 0.3) is 0 Å². The minimum Gasteiger partial charge on any atom is -0.480 e. The van der Waals surface area contributed by atoms with Crippen LogP contribution in [0.2, 0.25) is 0 Å². The highest BCUT2D eigenvalue weighted by atomic mass is 16.5. The summed E-state index contributed by atoms with van der Waals surface area (Å²) >= 11 is 0. The zero-order chi connectivity index (χ0) is 16.4. The summed E-state index contributed by atoms with van der Waals surface area (Å²) in [5, 5.41) is 16.0. The topological polar surface area (TPSA) is 134 Å². The Labute approximate surface area is 122 Å². The molecule has 0 saturated heterocycles. The Balaban J connectivity index is 4.38. The fraction of sp³-hybridized carbons (Fsp3) is 0.667. The lowest BCUT2D eigenvalue weighted by atomic mass is 10.1. The first-order chi connectivity index (χ1) is 9.81. The molecule has 0 saturated carbocycles. The van der Waals surface area contributed by atoms with Crippen LogP contribution in [-0.2, 0) is 19.1 Å². The third-order valence-electron chi connectivity index (χ3n) is 2.56. The molecule has 120 valence electrons. The largest absolute Gasteiger partial charge is 0.480 e. The number of hydrogen-bond acceptors (Lipinski definition) is 5. The van der Waals surface area contributed by atoms with Crippen molar-refractivity contribution in [1.82, 2.24) is 16.0 Å². The fourth-order valence-electron chi connectivity index (χ4n) is 1.41. The number of urea groups is 1. The fourth-order valence-corrected chi connectivity index (χ4v) is 1.41. The molecule has 0 bridgehead atoms. The highest BCUT2D eigenvalue weighted by Crippen LogP contribution is 1.99. The van der Waals surface area contributed by atoms with Gasteiger partial charge in [0.1, 0.15) is 12.1 Å². The number of amides is 3. The summed E-state index contributed by atoms with van der Waals surface area (Å²) in [6, 6.07) is -2.85. The number of carboxylic acids is 1. The summed E-state index contributed by atoms with van der Waals surface area (Å²) in [4.78, 5) is 45.0. The Bertz CT molecular complexity index is 398. The third kappa shape index (κ3) is 7.75. The van der Waals surface area contributed by atoms with Gasteiger partial charge in [-0.1, -0.05) is 0 Å². The van der Waals surface area contributed by atoms with Crippen molar-refractivity contribution in [2.24, 2.45) is 0 Å². The molecule has 0 rings (SSSR count). The Hall–Kier alpha value is -2.32. The normalized spacial score (nSPS) is 12.7. The monoisotopic (exact) mass is 303 g/mol. The molecule has 0 heterocycles. The van der Waals surface area contributed by atoms with E-state index < -0.39 is 30.1 Å². The summed E-state index contributed by atoms with van der Waals surface area (Å²) < 4.78 is 4.40. The lowest BCUT2D eigenvalue weighted by Crippen LogP contribution is -2.52. The van der Waals surface area contributed by atoms with Crippen LogP contribution in [0.5, 0.6) is 0 Å². The van der Waals surface area contributed by atoms with Gasteiger partial charge in [-0.2, -0.15) is 0 Å². The second kappa shape index (κ2) is 9.56. The van der Waals surface area contributed by atoms with Gasteiger partial charge >= 0.3 is 18.0 Å². The molecule has 0 aliphatic heterocycles. The van der Waals surface area contributed by atoms with Crippen LogP contribution < -0.4 is 16.0 Å². The quantitative estimate of drug-likeness (QED) is 0.434. The molecule has 0 aromatic heterocycles. The number of nitrogens with one attached hydrogen (secondary N) is 3. The van der Waals surface area contributed by atoms with E-state index in [0.717, 1.165) is 0 Å². The first kappa shape index (κ1) is 18.7. The van der Waals surface area contributed by atoms with Crippen molar-refractivity contribution in [3.05, 3.63) is 0 Å². The highest BCUT2D eigenvalue weighted by Gasteiger charge is 2.23. The molecule has 21 heavy (non-hydrogen) atoms. The molecule has 2 atom stereocenters. The lowest BCUT2D eigenvalue weighted by molar-refractivity contribution is -0.142. The van der Waals surface area contributed by atoms with E-state index in [1.165, 1.54) is 14.0 Å². The maximum absolute atomic E-state index is 11.6. The molecule has 3 amide bonds. The minimum absolute atomic E-state index is 0.106. The molecular formula is C12H21N3O6. The third-order valence-corrected chi connectivity index (χ3v) is 2.56. The SMILES string of the molecule is CCNC(=O)C(C)NC(=O)N[C@H](CCC(=O)OC)C(=O)O. The molecule has 0 radical (unpaired) electrons. The Kier molecular flexibility index (Phi) is 8.51. The van der Waals surface area contributed by atoms with E-state index in [-0.39, 0.29) is 18.7 Å². The number of carboxylic acid groups (broad SMARTS) is 1. The van der Waals surface area contributed by atoms with Crippen molar-refractivity contribution in [1.29, 1.82) is 0 Å². The van der Waals surface area contributed by atoms with Crippen molar-refractivity contribution in [3.63, 3.8) is 0 Å². The van der Waals surface area contributed by atoms with Crippen molar-refractivity contribution in [3.8, 4) is 0 Å². The second-order valence-corrected chi connectivity index (χ2v) is 4.24. The number of methoxy groups -OCH3 is 1. The number of esters is 1. The summed E-state index contributed by atoms with van der Waals surface area (Å²) in [5.74, 6) is -2.23. The second-order valence-electron chi connectivity index (χ2n) is 4.24. The van der Waals surface area contributed by atoms with Crippen LogP contribution >= 0.6 is 0 Å². The van der Waals surface area contributed by atoms with Crippen LogP contribution in [0.1, 0.15) is 26.7 Å². The van der Waals surface area contributed by atoms with Gasteiger partial charge in [0.15, 0.2) is 0 Å². The lowest BCUT2D eigenvalue weighted by Gasteiger charge is -2.17. The van der Waals surface area contributed by atoms with Crippen molar-refractivity contribution < 1.29 is 29.0 Å². The first-order valence-corrected chi connectivity index (χ1v) is 6.46. The number of hydrogen-bond donors (Lipinski definition) is 4. The van der Waals surface area contributed by atoms with Gasteiger partial charge < -0.3 is 25.8 Å². The Morgan fingerprint density at radius 2 is 1.81 bits per heavy atom. The molecule has 0 fully saturated rings. The van der Waals surface area contributed by atoms with E-state index in [9.17, 15) is 19.2 Å². The van der Waals surface area contributed by atoms with Gasteiger partial charge in [0.05, 0.1) is 7.11 Å². The van der Waals surface area contributed by atoms with Gasteiger partial charge in [-0.25, -0.2) is 9.59 Å². The summed E-state index contributed by atoms with van der Waals surface area (Å²) in [6.07, 6.45) is -0.245. The van der Waals surface area contributed by atoms with Crippen LogP contribution in [0.15, 0.2) is 0 Å². The number of carbonyl (C=O) groups is 4. The summed E-state index contributed by atoms with van der Waals surface area (Å²) in [6.45, 7) is 3.62. The van der Waals surface area contributed by atoms with E-state index in [1.807, 2.05) is 0 Å². The average Bonchev–Trinajstić information content (AvgIpc) is 2.42. The van der Waals surface area contributed by atoms with Crippen LogP contribution in [0, 0.1) is 0 Å². The Morgan fingerprint density at radius 3 is 2.29 bits per heavy atom. The molecule has 9 heteroatoms. The number of aliphatic carboxylic acids is 1. The molecule has 0 aromatic carbocycles. The predicted molar refractivity (Wildman–Crippen MR) is 72.5 cm³/mol. The van der Waals surface area contributed by atoms with E-state index in [1.54, 1.807) is 6.92 Å². The average molecular weight is 303 g/mol. The highest BCUT2D eigenvalue weighted by molar-refractivity contribution is 5.88. The van der Waals surface area contributed by atoms with Crippen molar-refractivity contribution >= 4 is 23.9 Å². The first-order valence-electron chi connectivity index (χ1n) is 6.46. The van der Waals surface area contributed by atoms with E-state index in [0.29, 0.717) is 6.54 Å². The molecule has 0 aliphatic rings. The summed E-state index contributed by atoms with van der Waals surface area (Å²) in [5.41, 5.74) is 0.